The van der Waals surface area contributed by atoms with Crippen molar-refractivity contribution < 1.29 is 14.3 Å². The number of ether oxygens (including phenoxy) is 1. The van der Waals surface area contributed by atoms with Gasteiger partial charge in [0, 0.05) is 19.0 Å². The van der Waals surface area contributed by atoms with Crippen molar-refractivity contribution >= 4 is 11.9 Å². The van der Waals surface area contributed by atoms with Crippen LogP contribution < -0.4 is 0 Å². The van der Waals surface area contributed by atoms with Crippen LogP contribution in [0, 0.1) is 23.2 Å². The Bertz CT molecular complexity index is 309. The minimum absolute atomic E-state index is 0.0901. The maximum atomic E-state index is 11.4. The molecule has 5 nitrogen and oxygen atoms in total. The van der Waals surface area contributed by atoms with Crippen molar-refractivity contribution in [1.29, 1.82) is 5.26 Å². The second-order valence-electron chi connectivity index (χ2n) is 3.36. The highest BCUT2D eigenvalue weighted by Crippen LogP contribution is 2.17. The number of carbonyl (C=O) groups excluding carboxylic acids is 2. The molecule has 88 valence electrons. The van der Waals surface area contributed by atoms with Crippen LogP contribution in [0.4, 0.5) is 4.79 Å². The van der Waals surface area contributed by atoms with Crippen molar-refractivity contribution in [2.75, 3.05) is 20.2 Å². The fourth-order valence-corrected chi connectivity index (χ4v) is 1.53. The van der Waals surface area contributed by atoms with E-state index in [4.69, 9.17) is 5.26 Å². The average Bonchev–Trinajstić information content (AvgIpc) is 2.34. The lowest BCUT2D eigenvalue weighted by molar-refractivity contribution is -0.127. The first kappa shape index (κ1) is 14.2. The zero-order valence-corrected chi connectivity index (χ0v) is 9.60. The number of amides is 1. The van der Waals surface area contributed by atoms with Gasteiger partial charge in [-0.25, -0.2) is 4.79 Å². The third-order valence-electron chi connectivity index (χ3n) is 2.32. The molecule has 1 aliphatic heterocycles. The summed E-state index contributed by atoms with van der Waals surface area (Å²) in [6.45, 7) is 8.19. The van der Waals surface area contributed by atoms with E-state index in [1.165, 1.54) is 12.0 Å². The highest BCUT2D eigenvalue weighted by Gasteiger charge is 2.35. The zero-order chi connectivity index (χ0) is 12.7. The van der Waals surface area contributed by atoms with E-state index >= 15 is 0 Å². The van der Waals surface area contributed by atoms with Crippen molar-refractivity contribution in [2.24, 2.45) is 11.8 Å². The summed E-state index contributed by atoms with van der Waals surface area (Å²) >= 11 is 0. The molecule has 1 heterocycles. The number of Topliss-reactive ketones (excluding diaryl/α,β-unsaturated/α-hetero) is 1. The van der Waals surface area contributed by atoms with Gasteiger partial charge in [-0.15, -0.1) is 13.2 Å². The molecule has 0 aromatic carbocycles. The van der Waals surface area contributed by atoms with Gasteiger partial charge in [0.25, 0.3) is 0 Å². The molecule has 16 heavy (non-hydrogen) atoms. The van der Waals surface area contributed by atoms with E-state index in [1.807, 2.05) is 6.07 Å². The topological polar surface area (TPSA) is 70.4 Å². The third-order valence-corrected chi connectivity index (χ3v) is 2.32. The Balaban J connectivity index is 0.00000106. The van der Waals surface area contributed by atoms with Crippen LogP contribution in [0.5, 0.6) is 0 Å². The van der Waals surface area contributed by atoms with E-state index in [0.29, 0.717) is 6.54 Å². The lowest BCUT2D eigenvalue weighted by Crippen LogP contribution is -2.48. The van der Waals surface area contributed by atoms with Crippen LogP contribution in [0.1, 0.15) is 6.92 Å². The number of likely N-dealkylation sites (tertiary alicyclic amines) is 1. The monoisotopic (exact) mass is 224 g/mol. The molecule has 5 heteroatoms. The van der Waals surface area contributed by atoms with E-state index in [-0.39, 0.29) is 18.2 Å². The molecule has 0 spiro atoms. The molecule has 1 aliphatic rings. The summed E-state index contributed by atoms with van der Waals surface area (Å²) in [7, 11) is 1.28. The normalized spacial score (nSPS) is 23.8. The molecule has 0 bridgehead atoms. The first-order chi connectivity index (χ1) is 7.60. The Kier molecular flexibility index (Phi) is 5.86. The predicted octanol–water partition coefficient (Wildman–Crippen LogP) is 1.22. The van der Waals surface area contributed by atoms with Gasteiger partial charge in [-0.2, -0.15) is 5.26 Å². The van der Waals surface area contributed by atoms with E-state index in [1.54, 1.807) is 6.92 Å². The summed E-state index contributed by atoms with van der Waals surface area (Å²) < 4.78 is 4.53. The molecule has 0 N–H and O–H groups in total. The molecule has 0 aliphatic carbocycles. The Morgan fingerprint density at radius 3 is 2.56 bits per heavy atom. The fourth-order valence-electron chi connectivity index (χ4n) is 1.53. The number of methoxy groups -OCH3 is 1. The first-order valence-electron chi connectivity index (χ1n) is 4.86. The predicted molar refractivity (Wildman–Crippen MR) is 58.5 cm³/mol. The van der Waals surface area contributed by atoms with Crippen LogP contribution in [0.3, 0.4) is 0 Å². The second-order valence-corrected chi connectivity index (χ2v) is 3.36. The molecule has 1 saturated heterocycles. The van der Waals surface area contributed by atoms with Gasteiger partial charge in [-0.1, -0.05) is 6.92 Å². The minimum Gasteiger partial charge on any atom is -0.453 e. The molecule has 1 rings (SSSR count). The van der Waals surface area contributed by atoms with Gasteiger partial charge in [0.05, 0.1) is 13.2 Å². The number of ketones is 1. The average molecular weight is 224 g/mol. The molecule has 0 radical (unpaired) electrons. The summed E-state index contributed by atoms with van der Waals surface area (Å²) in [5.41, 5.74) is 0. The van der Waals surface area contributed by atoms with E-state index in [2.05, 4.69) is 17.9 Å². The highest BCUT2D eigenvalue weighted by molar-refractivity contribution is 5.87. The Hall–Kier alpha value is -1.83. The summed E-state index contributed by atoms with van der Waals surface area (Å²) in [6, 6.07) is 1.89. The smallest absolute Gasteiger partial charge is 0.409 e. The van der Waals surface area contributed by atoms with Gasteiger partial charge in [0.1, 0.15) is 5.92 Å². The number of carbonyl (C=O) groups is 2. The van der Waals surface area contributed by atoms with Crippen LogP contribution >= 0.6 is 0 Å². The number of nitrogens with zero attached hydrogens (tertiary/aromatic N) is 2. The molecule has 0 saturated carbocycles. The van der Waals surface area contributed by atoms with Gasteiger partial charge in [0.2, 0.25) is 0 Å². The van der Waals surface area contributed by atoms with E-state index in [9.17, 15) is 9.59 Å². The molecule has 2 unspecified atom stereocenters. The standard InChI is InChI=1S/C9H12N2O3.C2H4/c1-6-4-11(9(13)14-2)5-7(3-10)8(6)12;1-2/h6-7H,4-5H2,1-2H3;1-2H2. The molecule has 1 fully saturated rings. The third kappa shape index (κ3) is 3.09. The number of piperidine rings is 1. The fraction of sp³-hybridized carbons (Fsp3) is 0.545. The number of hydrogen-bond acceptors (Lipinski definition) is 4. The summed E-state index contributed by atoms with van der Waals surface area (Å²) in [5, 5.41) is 8.70. The minimum atomic E-state index is -0.710. The van der Waals surface area contributed by atoms with Crippen LogP contribution in [0.2, 0.25) is 0 Å². The SMILES string of the molecule is C=C.COC(=O)N1CC(C)C(=O)C(C#N)C1. The zero-order valence-electron chi connectivity index (χ0n) is 9.60. The van der Waals surface area contributed by atoms with Crippen molar-refractivity contribution in [1.82, 2.24) is 4.90 Å². The van der Waals surface area contributed by atoms with Crippen LogP contribution in [-0.4, -0.2) is 37.0 Å². The van der Waals surface area contributed by atoms with Crippen molar-refractivity contribution in [3.8, 4) is 6.07 Å². The van der Waals surface area contributed by atoms with Crippen LogP contribution in [-0.2, 0) is 9.53 Å². The number of nitriles is 1. The molecule has 1 amide bonds. The molecule has 0 aromatic heterocycles. The Morgan fingerprint density at radius 1 is 1.56 bits per heavy atom. The highest BCUT2D eigenvalue weighted by atomic mass is 16.5. The van der Waals surface area contributed by atoms with Crippen molar-refractivity contribution in [2.45, 2.75) is 6.92 Å². The van der Waals surface area contributed by atoms with Crippen molar-refractivity contribution in [3.63, 3.8) is 0 Å². The van der Waals surface area contributed by atoms with E-state index < -0.39 is 12.0 Å². The van der Waals surface area contributed by atoms with Gasteiger partial charge >= 0.3 is 6.09 Å². The number of hydrogen-bond donors (Lipinski definition) is 0. The quantitative estimate of drug-likeness (QED) is 0.580. The molecule has 0 aromatic rings. The Labute approximate surface area is 95.3 Å². The summed E-state index contributed by atoms with van der Waals surface area (Å²) in [6.07, 6.45) is -0.482. The largest absolute Gasteiger partial charge is 0.453 e. The van der Waals surface area contributed by atoms with Gasteiger partial charge < -0.3 is 9.64 Å². The first-order valence-corrected chi connectivity index (χ1v) is 4.86. The lowest BCUT2D eigenvalue weighted by atomic mass is 9.90. The van der Waals surface area contributed by atoms with Gasteiger partial charge in [0.15, 0.2) is 5.78 Å². The van der Waals surface area contributed by atoms with Gasteiger partial charge in [-0.3, -0.25) is 4.79 Å². The molecular weight excluding hydrogens is 208 g/mol. The number of rotatable bonds is 0. The Morgan fingerprint density at radius 2 is 2.12 bits per heavy atom. The van der Waals surface area contributed by atoms with Crippen LogP contribution in [0.15, 0.2) is 13.2 Å². The van der Waals surface area contributed by atoms with E-state index in [0.717, 1.165) is 0 Å². The second kappa shape index (κ2) is 6.62. The summed E-state index contributed by atoms with van der Waals surface area (Å²) in [5.74, 6) is -1.09. The maximum Gasteiger partial charge on any atom is 0.409 e. The van der Waals surface area contributed by atoms with Crippen LogP contribution in [0.25, 0.3) is 0 Å². The summed E-state index contributed by atoms with van der Waals surface area (Å²) in [4.78, 5) is 24.0. The maximum absolute atomic E-state index is 11.4. The molecular formula is C11H16N2O3. The molecule has 2 atom stereocenters. The van der Waals surface area contributed by atoms with Gasteiger partial charge in [-0.05, 0) is 0 Å². The lowest BCUT2D eigenvalue weighted by Gasteiger charge is -2.31. The van der Waals surface area contributed by atoms with Crippen molar-refractivity contribution in [3.05, 3.63) is 13.2 Å².